The normalized spacial score (nSPS) is 16.1. The largest absolute Gasteiger partial charge is 0.381 e. The first-order chi connectivity index (χ1) is 9.69. The van der Waals surface area contributed by atoms with E-state index in [1.54, 1.807) is 0 Å². The maximum absolute atomic E-state index is 11.2. The summed E-state index contributed by atoms with van der Waals surface area (Å²) >= 11 is 0. The van der Waals surface area contributed by atoms with Crippen molar-refractivity contribution in [1.82, 2.24) is 4.90 Å². The Bertz CT molecular complexity index is 450. The highest BCUT2D eigenvalue weighted by Gasteiger charge is 2.18. The Morgan fingerprint density at radius 3 is 2.65 bits per heavy atom. The van der Waals surface area contributed by atoms with E-state index in [1.807, 2.05) is 12.1 Å². The van der Waals surface area contributed by atoms with Gasteiger partial charge in [-0.25, -0.2) is 0 Å². The number of nitrogens with zero attached hydrogens (tertiary/aromatic N) is 1. The molecule has 1 heterocycles. The van der Waals surface area contributed by atoms with E-state index in [0.29, 0.717) is 6.04 Å². The number of amides is 1. The van der Waals surface area contributed by atoms with Gasteiger partial charge in [-0.3, -0.25) is 9.69 Å². The number of anilines is 1. The summed E-state index contributed by atoms with van der Waals surface area (Å²) in [6.45, 7) is 6.08. The number of nitrogens with one attached hydrogen (secondary N) is 1. The van der Waals surface area contributed by atoms with E-state index in [-0.39, 0.29) is 5.91 Å². The molecule has 4 heteroatoms. The lowest BCUT2D eigenvalue weighted by Gasteiger charge is -2.31. The minimum absolute atomic E-state index is 0.183. The molecule has 1 aliphatic rings. The highest BCUT2D eigenvalue weighted by atomic mass is 16.5. The summed E-state index contributed by atoms with van der Waals surface area (Å²) in [5, 5.41) is 2.75. The molecule has 0 saturated carbocycles. The van der Waals surface area contributed by atoms with E-state index in [9.17, 15) is 4.79 Å². The molecule has 2 rings (SSSR count). The van der Waals surface area contributed by atoms with Gasteiger partial charge in [-0.05, 0) is 43.7 Å². The first kappa shape index (κ1) is 14.8. The van der Waals surface area contributed by atoms with Crippen LogP contribution in [0.4, 0.5) is 5.69 Å². The van der Waals surface area contributed by atoms with Gasteiger partial charge in [0.1, 0.15) is 0 Å². The van der Waals surface area contributed by atoms with Gasteiger partial charge in [-0.2, -0.15) is 0 Å². The van der Waals surface area contributed by atoms with E-state index >= 15 is 0 Å². The maximum atomic E-state index is 11.2. The van der Waals surface area contributed by atoms with Crippen LogP contribution in [0, 0.1) is 0 Å². The average molecular weight is 274 g/mol. The molecule has 0 unspecified atom stereocenters. The number of carbonyl (C=O) groups excluding carboxylic acids is 1. The second-order valence-electron chi connectivity index (χ2n) is 5.15. The molecular formula is C16H22N2O2. The Labute approximate surface area is 120 Å². The molecule has 1 saturated heterocycles. The van der Waals surface area contributed by atoms with Crippen molar-refractivity contribution >= 4 is 11.6 Å². The van der Waals surface area contributed by atoms with Crippen molar-refractivity contribution in [3.05, 3.63) is 42.5 Å². The number of carbonyl (C=O) groups is 1. The van der Waals surface area contributed by atoms with Crippen molar-refractivity contribution in [3.63, 3.8) is 0 Å². The lowest BCUT2D eigenvalue weighted by Crippen LogP contribution is -2.36. The minimum Gasteiger partial charge on any atom is -0.381 e. The van der Waals surface area contributed by atoms with Gasteiger partial charge in [0.05, 0.1) is 0 Å². The number of benzene rings is 1. The zero-order valence-corrected chi connectivity index (χ0v) is 12.0. The van der Waals surface area contributed by atoms with E-state index in [4.69, 9.17) is 4.74 Å². The summed E-state index contributed by atoms with van der Waals surface area (Å²) in [6.07, 6.45) is 3.47. The zero-order chi connectivity index (χ0) is 14.4. The Morgan fingerprint density at radius 2 is 2.05 bits per heavy atom. The SMILES string of the molecule is C=CC(=O)Nc1ccc(CN(C)C2CCOCC2)cc1. The molecule has 1 aromatic rings. The van der Waals surface area contributed by atoms with Crippen molar-refractivity contribution in [1.29, 1.82) is 0 Å². The topological polar surface area (TPSA) is 41.6 Å². The summed E-state index contributed by atoms with van der Waals surface area (Å²) in [7, 11) is 2.16. The van der Waals surface area contributed by atoms with Crippen LogP contribution in [0.1, 0.15) is 18.4 Å². The third-order valence-electron chi connectivity index (χ3n) is 3.65. The lowest BCUT2D eigenvalue weighted by molar-refractivity contribution is -0.111. The molecule has 4 nitrogen and oxygen atoms in total. The molecule has 0 radical (unpaired) electrons. The monoisotopic (exact) mass is 274 g/mol. The van der Waals surface area contributed by atoms with E-state index in [1.165, 1.54) is 11.6 Å². The standard InChI is InChI=1S/C16H22N2O2/c1-3-16(19)17-14-6-4-13(5-7-14)12-18(2)15-8-10-20-11-9-15/h3-7,15H,1,8-12H2,2H3,(H,17,19). The molecular weight excluding hydrogens is 252 g/mol. The highest BCUT2D eigenvalue weighted by Crippen LogP contribution is 2.17. The van der Waals surface area contributed by atoms with Gasteiger partial charge in [0.25, 0.3) is 0 Å². The molecule has 0 spiro atoms. The van der Waals surface area contributed by atoms with Crippen LogP contribution in [0.2, 0.25) is 0 Å². The van der Waals surface area contributed by atoms with Crippen molar-refractivity contribution in [2.75, 3.05) is 25.6 Å². The van der Waals surface area contributed by atoms with Crippen LogP contribution in [-0.2, 0) is 16.1 Å². The summed E-state index contributed by atoms with van der Waals surface area (Å²) in [6, 6.07) is 8.55. The van der Waals surface area contributed by atoms with Gasteiger partial charge in [-0.15, -0.1) is 0 Å². The van der Waals surface area contributed by atoms with Crippen LogP contribution in [0.15, 0.2) is 36.9 Å². The Hall–Kier alpha value is -1.65. The lowest BCUT2D eigenvalue weighted by atomic mass is 10.1. The number of rotatable bonds is 5. The molecule has 0 atom stereocenters. The van der Waals surface area contributed by atoms with Gasteiger partial charge in [0.2, 0.25) is 5.91 Å². The average Bonchev–Trinajstić information content (AvgIpc) is 2.50. The van der Waals surface area contributed by atoms with E-state index < -0.39 is 0 Å². The molecule has 1 aromatic carbocycles. The fourth-order valence-corrected chi connectivity index (χ4v) is 2.43. The van der Waals surface area contributed by atoms with Gasteiger partial charge >= 0.3 is 0 Å². The second kappa shape index (κ2) is 7.22. The van der Waals surface area contributed by atoms with Crippen molar-refractivity contribution in [3.8, 4) is 0 Å². The van der Waals surface area contributed by atoms with Crippen LogP contribution in [0.3, 0.4) is 0 Å². The summed E-state index contributed by atoms with van der Waals surface area (Å²) < 4.78 is 5.39. The fraction of sp³-hybridized carbons (Fsp3) is 0.438. The molecule has 1 N–H and O–H groups in total. The first-order valence-corrected chi connectivity index (χ1v) is 6.99. The molecule has 1 fully saturated rings. The molecule has 108 valence electrons. The second-order valence-corrected chi connectivity index (χ2v) is 5.15. The fourth-order valence-electron chi connectivity index (χ4n) is 2.43. The minimum atomic E-state index is -0.183. The van der Waals surface area contributed by atoms with Crippen molar-refractivity contribution in [2.45, 2.75) is 25.4 Å². The molecule has 0 aliphatic carbocycles. The zero-order valence-electron chi connectivity index (χ0n) is 12.0. The van der Waals surface area contributed by atoms with Gasteiger partial charge in [-0.1, -0.05) is 18.7 Å². The molecule has 1 amide bonds. The summed E-state index contributed by atoms with van der Waals surface area (Å²) in [5.74, 6) is -0.183. The van der Waals surface area contributed by atoms with Crippen LogP contribution in [0.25, 0.3) is 0 Å². The van der Waals surface area contributed by atoms with E-state index in [0.717, 1.165) is 38.3 Å². The quantitative estimate of drug-likeness (QED) is 0.838. The third kappa shape index (κ3) is 4.18. The Kier molecular flexibility index (Phi) is 5.32. The number of hydrogen-bond acceptors (Lipinski definition) is 3. The molecule has 0 bridgehead atoms. The highest BCUT2D eigenvalue weighted by molar-refractivity contribution is 5.98. The predicted octanol–water partition coefficient (Wildman–Crippen LogP) is 2.42. The van der Waals surface area contributed by atoms with Crippen molar-refractivity contribution < 1.29 is 9.53 Å². The van der Waals surface area contributed by atoms with Crippen LogP contribution < -0.4 is 5.32 Å². The van der Waals surface area contributed by atoms with Crippen LogP contribution in [0.5, 0.6) is 0 Å². The van der Waals surface area contributed by atoms with Gasteiger partial charge < -0.3 is 10.1 Å². The summed E-state index contributed by atoms with van der Waals surface area (Å²) in [4.78, 5) is 13.6. The van der Waals surface area contributed by atoms with E-state index in [2.05, 4.69) is 36.0 Å². The predicted molar refractivity (Wildman–Crippen MR) is 80.6 cm³/mol. The molecule has 20 heavy (non-hydrogen) atoms. The van der Waals surface area contributed by atoms with Crippen LogP contribution in [-0.4, -0.2) is 37.1 Å². The smallest absolute Gasteiger partial charge is 0.247 e. The summed E-state index contributed by atoms with van der Waals surface area (Å²) in [5.41, 5.74) is 2.04. The molecule has 1 aliphatic heterocycles. The number of ether oxygens (including phenoxy) is 1. The van der Waals surface area contributed by atoms with Crippen LogP contribution >= 0.6 is 0 Å². The first-order valence-electron chi connectivity index (χ1n) is 6.99. The maximum Gasteiger partial charge on any atom is 0.247 e. The van der Waals surface area contributed by atoms with Gasteiger partial charge in [0.15, 0.2) is 0 Å². The van der Waals surface area contributed by atoms with Crippen molar-refractivity contribution in [2.24, 2.45) is 0 Å². The Morgan fingerprint density at radius 1 is 1.40 bits per heavy atom. The molecule has 0 aromatic heterocycles. The third-order valence-corrected chi connectivity index (χ3v) is 3.65. The van der Waals surface area contributed by atoms with Gasteiger partial charge in [0, 0.05) is 31.5 Å². The Balaban J connectivity index is 1.89. The number of hydrogen-bond donors (Lipinski definition) is 1.